The van der Waals surface area contributed by atoms with Crippen LogP contribution in [0.25, 0.3) is 0 Å². The molecule has 0 saturated carbocycles. The minimum Gasteiger partial charge on any atom is -0.373 e. The van der Waals surface area contributed by atoms with Crippen LogP contribution in [-0.2, 0) is 4.74 Å². The van der Waals surface area contributed by atoms with Gasteiger partial charge in [-0.05, 0) is 26.5 Å². The molecule has 1 aliphatic rings. The molecule has 0 aromatic carbocycles. The summed E-state index contributed by atoms with van der Waals surface area (Å²) in [5, 5.41) is 0.781. The molecule has 0 aromatic rings. The van der Waals surface area contributed by atoms with Crippen LogP contribution in [0.1, 0.15) is 27.2 Å². The maximum atomic E-state index is 5.70. The molecule has 1 heterocycles. The summed E-state index contributed by atoms with van der Waals surface area (Å²) < 4.78 is 5.70. The molecule has 3 heteroatoms. The van der Waals surface area contributed by atoms with Crippen LogP contribution in [0.4, 0.5) is 0 Å². The average Bonchev–Trinajstić information content (AvgIpc) is 2.12. The molecule has 1 unspecified atom stereocenters. The summed E-state index contributed by atoms with van der Waals surface area (Å²) in [4.78, 5) is 2.54. The van der Waals surface area contributed by atoms with Gasteiger partial charge in [0, 0.05) is 24.9 Å². The van der Waals surface area contributed by atoms with Crippen molar-refractivity contribution >= 4 is 11.8 Å². The van der Waals surface area contributed by atoms with Crippen molar-refractivity contribution in [2.45, 2.75) is 38.0 Å². The summed E-state index contributed by atoms with van der Waals surface area (Å²) in [6.45, 7) is 10.9. The van der Waals surface area contributed by atoms with Gasteiger partial charge in [0.05, 0.1) is 12.2 Å². The lowest BCUT2D eigenvalue weighted by Gasteiger charge is -2.39. The van der Waals surface area contributed by atoms with E-state index in [1.165, 1.54) is 13.0 Å². The van der Waals surface area contributed by atoms with Crippen LogP contribution in [-0.4, -0.2) is 48.2 Å². The Morgan fingerprint density at radius 2 is 2.21 bits per heavy atom. The number of rotatable bonds is 4. The Balaban J connectivity index is 2.37. The highest BCUT2D eigenvalue weighted by Gasteiger charge is 2.27. The number of morpholine rings is 1. The molecule has 14 heavy (non-hydrogen) atoms. The Kier molecular flexibility index (Phi) is 4.74. The van der Waals surface area contributed by atoms with Crippen molar-refractivity contribution in [1.29, 1.82) is 0 Å². The maximum absolute atomic E-state index is 5.70. The van der Waals surface area contributed by atoms with Crippen LogP contribution in [0.2, 0.25) is 0 Å². The first-order valence-electron chi connectivity index (χ1n) is 5.46. The molecule has 0 amide bonds. The highest BCUT2D eigenvalue weighted by atomic mass is 32.2. The number of ether oxygens (including phenoxy) is 1. The minimum absolute atomic E-state index is 0.0505. The number of nitrogens with zero attached hydrogens (tertiary/aromatic N) is 1. The third-order valence-electron chi connectivity index (χ3n) is 2.76. The van der Waals surface area contributed by atoms with Crippen LogP contribution >= 0.6 is 11.8 Å². The van der Waals surface area contributed by atoms with E-state index in [9.17, 15) is 0 Å². The van der Waals surface area contributed by atoms with Crippen molar-refractivity contribution in [3.8, 4) is 0 Å². The fourth-order valence-corrected chi connectivity index (χ4v) is 2.62. The van der Waals surface area contributed by atoms with E-state index in [0.717, 1.165) is 24.9 Å². The number of thioether (sulfide) groups is 1. The van der Waals surface area contributed by atoms with E-state index in [-0.39, 0.29) is 5.60 Å². The van der Waals surface area contributed by atoms with E-state index in [0.29, 0.717) is 0 Å². The Morgan fingerprint density at radius 1 is 1.50 bits per heavy atom. The van der Waals surface area contributed by atoms with Crippen LogP contribution in [0.3, 0.4) is 0 Å². The zero-order valence-electron chi connectivity index (χ0n) is 9.88. The van der Waals surface area contributed by atoms with Gasteiger partial charge in [-0.1, -0.05) is 6.92 Å². The molecule has 84 valence electrons. The highest BCUT2D eigenvalue weighted by Crippen LogP contribution is 2.19. The second kappa shape index (κ2) is 5.38. The second-order valence-electron chi connectivity index (χ2n) is 4.61. The molecular formula is C11H23NOS. The predicted molar refractivity (Wildman–Crippen MR) is 64.1 cm³/mol. The first-order valence-corrected chi connectivity index (χ1v) is 6.75. The topological polar surface area (TPSA) is 12.5 Å². The largest absolute Gasteiger partial charge is 0.373 e. The zero-order chi connectivity index (χ0) is 10.6. The van der Waals surface area contributed by atoms with Gasteiger partial charge in [0.2, 0.25) is 0 Å². The van der Waals surface area contributed by atoms with Crippen molar-refractivity contribution < 1.29 is 4.74 Å². The van der Waals surface area contributed by atoms with Gasteiger partial charge in [-0.15, -0.1) is 0 Å². The number of hydrogen-bond acceptors (Lipinski definition) is 3. The van der Waals surface area contributed by atoms with Crippen LogP contribution in [0, 0.1) is 0 Å². The first kappa shape index (κ1) is 12.3. The van der Waals surface area contributed by atoms with Gasteiger partial charge in [0.1, 0.15) is 0 Å². The van der Waals surface area contributed by atoms with Crippen molar-refractivity contribution in [1.82, 2.24) is 4.90 Å². The van der Waals surface area contributed by atoms with Crippen LogP contribution < -0.4 is 0 Å². The Hall–Kier alpha value is 0.270. The molecule has 2 nitrogen and oxygen atoms in total. The summed E-state index contributed by atoms with van der Waals surface area (Å²) in [6, 6.07) is 0. The molecule has 0 N–H and O–H groups in total. The van der Waals surface area contributed by atoms with Crippen molar-refractivity contribution in [2.75, 3.05) is 32.5 Å². The van der Waals surface area contributed by atoms with Gasteiger partial charge in [0.25, 0.3) is 0 Å². The molecule has 0 aromatic heterocycles. The molecule has 0 aliphatic carbocycles. The van der Waals surface area contributed by atoms with Gasteiger partial charge >= 0.3 is 0 Å². The molecule has 1 atom stereocenters. The first-order chi connectivity index (χ1) is 6.57. The van der Waals surface area contributed by atoms with Gasteiger partial charge < -0.3 is 4.74 Å². The Labute approximate surface area is 92.4 Å². The van der Waals surface area contributed by atoms with E-state index in [1.807, 2.05) is 11.8 Å². The summed E-state index contributed by atoms with van der Waals surface area (Å²) in [5.41, 5.74) is 0.0505. The lowest BCUT2D eigenvalue weighted by Crippen LogP contribution is -2.49. The predicted octanol–water partition coefficient (Wildman–Crippen LogP) is 2.24. The van der Waals surface area contributed by atoms with Gasteiger partial charge in [-0.2, -0.15) is 11.8 Å². The molecule has 0 radical (unpaired) electrons. The maximum Gasteiger partial charge on any atom is 0.0753 e. The molecule has 0 spiro atoms. The van der Waals surface area contributed by atoms with E-state index in [2.05, 4.69) is 31.9 Å². The van der Waals surface area contributed by atoms with E-state index >= 15 is 0 Å². The molecule has 1 saturated heterocycles. The van der Waals surface area contributed by atoms with Crippen molar-refractivity contribution in [2.24, 2.45) is 0 Å². The number of hydrogen-bond donors (Lipinski definition) is 0. The van der Waals surface area contributed by atoms with Gasteiger partial charge in [0.15, 0.2) is 0 Å². The van der Waals surface area contributed by atoms with Crippen molar-refractivity contribution in [3.05, 3.63) is 0 Å². The normalized spacial score (nSPS) is 24.9. The lowest BCUT2D eigenvalue weighted by atomic mass is 10.1. The zero-order valence-corrected chi connectivity index (χ0v) is 10.7. The standard InChI is InChI=1S/C11H23NOS/c1-5-10(14-4)8-12-6-7-13-11(2,3)9-12/h10H,5-9H2,1-4H3. The van der Waals surface area contributed by atoms with E-state index in [1.54, 1.807) is 0 Å². The summed E-state index contributed by atoms with van der Waals surface area (Å²) in [5.74, 6) is 0. The van der Waals surface area contributed by atoms with E-state index in [4.69, 9.17) is 4.74 Å². The molecule has 1 fully saturated rings. The molecule has 1 aliphatic heterocycles. The summed E-state index contributed by atoms with van der Waals surface area (Å²) in [6.07, 6.45) is 3.47. The van der Waals surface area contributed by atoms with Gasteiger partial charge in [-0.3, -0.25) is 4.90 Å². The second-order valence-corrected chi connectivity index (χ2v) is 5.75. The fourth-order valence-electron chi connectivity index (χ4n) is 1.93. The summed E-state index contributed by atoms with van der Waals surface area (Å²) in [7, 11) is 0. The quantitative estimate of drug-likeness (QED) is 0.716. The monoisotopic (exact) mass is 217 g/mol. The molecular weight excluding hydrogens is 194 g/mol. The smallest absolute Gasteiger partial charge is 0.0753 e. The molecule has 1 rings (SSSR count). The third-order valence-corrected chi connectivity index (χ3v) is 3.90. The third kappa shape index (κ3) is 3.79. The SMILES string of the molecule is CCC(CN1CCOC(C)(C)C1)SC. The highest BCUT2D eigenvalue weighted by molar-refractivity contribution is 7.99. The minimum atomic E-state index is 0.0505. The average molecular weight is 217 g/mol. The van der Waals surface area contributed by atoms with E-state index < -0.39 is 0 Å². The van der Waals surface area contributed by atoms with Crippen LogP contribution in [0.15, 0.2) is 0 Å². The fraction of sp³-hybridized carbons (Fsp3) is 1.00. The molecule has 0 bridgehead atoms. The van der Waals surface area contributed by atoms with Gasteiger partial charge in [-0.25, -0.2) is 0 Å². The summed E-state index contributed by atoms with van der Waals surface area (Å²) >= 11 is 1.98. The Bertz CT molecular complexity index is 169. The Morgan fingerprint density at radius 3 is 2.71 bits per heavy atom. The van der Waals surface area contributed by atoms with Crippen molar-refractivity contribution in [3.63, 3.8) is 0 Å². The lowest BCUT2D eigenvalue weighted by molar-refractivity contribution is -0.0856. The van der Waals surface area contributed by atoms with Crippen LogP contribution in [0.5, 0.6) is 0 Å².